The zero-order valence-corrected chi connectivity index (χ0v) is 12.9. The largest absolute Gasteiger partial charge is 0.382 e. The van der Waals surface area contributed by atoms with Gasteiger partial charge in [0.2, 0.25) is 0 Å². The van der Waals surface area contributed by atoms with Crippen molar-refractivity contribution in [2.45, 2.75) is 19.4 Å². The van der Waals surface area contributed by atoms with Crippen LogP contribution in [0.4, 0.5) is 0 Å². The number of hydrogen-bond donors (Lipinski definition) is 1. The topological polar surface area (TPSA) is 39.7 Å². The van der Waals surface area contributed by atoms with Gasteiger partial charge in [-0.2, -0.15) is 0 Å². The van der Waals surface area contributed by atoms with Gasteiger partial charge in [0.05, 0.1) is 19.3 Å². The molecule has 0 heterocycles. The Balaban J connectivity index is 2.27. The van der Waals surface area contributed by atoms with Crippen molar-refractivity contribution in [3.05, 3.63) is 35.4 Å². The second kappa shape index (κ2) is 10.8. The molecule has 0 amide bonds. The fraction of sp³-hybridized carbons (Fsp3) is 0.625. The lowest BCUT2D eigenvalue weighted by Gasteiger charge is -2.18. The van der Waals surface area contributed by atoms with Crippen LogP contribution in [0.1, 0.15) is 23.7 Å². The van der Waals surface area contributed by atoms with E-state index in [1.165, 1.54) is 11.1 Å². The summed E-state index contributed by atoms with van der Waals surface area (Å²) in [4.78, 5) is 0. The summed E-state index contributed by atoms with van der Waals surface area (Å²) in [5.41, 5.74) is 2.48. The van der Waals surface area contributed by atoms with E-state index >= 15 is 0 Å². The van der Waals surface area contributed by atoms with Crippen LogP contribution in [0, 0.1) is 6.92 Å². The third-order valence-corrected chi connectivity index (χ3v) is 3.02. The summed E-state index contributed by atoms with van der Waals surface area (Å²) in [6.07, 6.45) is 0.995. The van der Waals surface area contributed by atoms with Crippen molar-refractivity contribution < 1.29 is 14.2 Å². The highest BCUT2D eigenvalue weighted by Crippen LogP contribution is 2.17. The minimum Gasteiger partial charge on any atom is -0.382 e. The van der Waals surface area contributed by atoms with E-state index in [0.717, 1.165) is 13.0 Å². The second-order valence-corrected chi connectivity index (χ2v) is 4.79. The summed E-state index contributed by atoms with van der Waals surface area (Å²) < 4.78 is 16.3. The molecule has 0 fully saturated rings. The molecule has 0 aromatic heterocycles. The molecule has 114 valence electrons. The van der Waals surface area contributed by atoms with Gasteiger partial charge in [0.15, 0.2) is 0 Å². The molecule has 0 radical (unpaired) electrons. The Labute approximate surface area is 122 Å². The molecule has 20 heavy (non-hydrogen) atoms. The fourth-order valence-electron chi connectivity index (χ4n) is 1.87. The predicted molar refractivity (Wildman–Crippen MR) is 81.1 cm³/mol. The molecule has 0 saturated carbocycles. The van der Waals surface area contributed by atoms with E-state index in [9.17, 15) is 0 Å². The Kier molecular flexibility index (Phi) is 9.24. The van der Waals surface area contributed by atoms with Crippen molar-refractivity contribution >= 4 is 0 Å². The van der Waals surface area contributed by atoms with Gasteiger partial charge >= 0.3 is 0 Å². The summed E-state index contributed by atoms with van der Waals surface area (Å²) >= 11 is 0. The zero-order chi connectivity index (χ0) is 14.6. The monoisotopic (exact) mass is 281 g/mol. The maximum absolute atomic E-state index is 5.94. The number of nitrogens with one attached hydrogen (secondary N) is 1. The minimum atomic E-state index is 0.0968. The van der Waals surface area contributed by atoms with E-state index in [1.54, 1.807) is 7.11 Å². The number of hydrogen-bond acceptors (Lipinski definition) is 4. The number of methoxy groups -OCH3 is 1. The van der Waals surface area contributed by atoms with Crippen LogP contribution >= 0.6 is 0 Å². The van der Waals surface area contributed by atoms with E-state index in [-0.39, 0.29) is 6.10 Å². The first kappa shape index (κ1) is 17.1. The average molecular weight is 281 g/mol. The predicted octanol–water partition coefficient (Wildman–Crippen LogP) is 2.33. The molecule has 0 spiro atoms. The van der Waals surface area contributed by atoms with Gasteiger partial charge in [0, 0.05) is 26.9 Å². The lowest BCUT2D eigenvalue weighted by molar-refractivity contribution is 0.0237. The van der Waals surface area contributed by atoms with E-state index < -0.39 is 0 Å². The molecule has 1 aromatic carbocycles. The third kappa shape index (κ3) is 7.01. The lowest BCUT2D eigenvalue weighted by atomic mass is 10.1. The molecule has 1 aromatic rings. The normalized spacial score (nSPS) is 12.6. The van der Waals surface area contributed by atoms with Crippen LogP contribution in [0.2, 0.25) is 0 Å². The van der Waals surface area contributed by atoms with Crippen LogP contribution < -0.4 is 5.32 Å². The quantitative estimate of drug-likeness (QED) is 0.632. The van der Waals surface area contributed by atoms with Crippen molar-refractivity contribution in [1.29, 1.82) is 0 Å². The SMILES string of the molecule is CNCC(OCCCOCCOC)c1ccc(C)cc1. The van der Waals surface area contributed by atoms with Crippen molar-refractivity contribution in [3.8, 4) is 0 Å². The molecule has 0 saturated heterocycles. The van der Waals surface area contributed by atoms with Crippen molar-refractivity contribution in [2.75, 3.05) is 47.1 Å². The van der Waals surface area contributed by atoms with E-state index in [2.05, 4.69) is 36.5 Å². The Morgan fingerprint density at radius 2 is 1.80 bits per heavy atom. The summed E-state index contributed by atoms with van der Waals surface area (Å²) in [6, 6.07) is 8.50. The van der Waals surface area contributed by atoms with Crippen LogP contribution in [0.5, 0.6) is 0 Å². The van der Waals surface area contributed by atoms with Gasteiger partial charge < -0.3 is 19.5 Å². The zero-order valence-electron chi connectivity index (χ0n) is 12.9. The number of aryl methyl sites for hydroxylation is 1. The lowest BCUT2D eigenvalue weighted by Crippen LogP contribution is -2.20. The van der Waals surface area contributed by atoms with E-state index in [4.69, 9.17) is 14.2 Å². The maximum atomic E-state index is 5.94. The summed E-state index contributed by atoms with van der Waals surface area (Å²) in [5.74, 6) is 0. The van der Waals surface area contributed by atoms with Crippen molar-refractivity contribution in [3.63, 3.8) is 0 Å². The highest BCUT2D eigenvalue weighted by Gasteiger charge is 2.10. The van der Waals surface area contributed by atoms with Gasteiger partial charge in [-0.25, -0.2) is 0 Å². The first-order chi connectivity index (χ1) is 9.77. The Bertz CT molecular complexity index is 340. The van der Waals surface area contributed by atoms with Gasteiger partial charge in [0.1, 0.15) is 0 Å². The first-order valence-electron chi connectivity index (χ1n) is 7.17. The molecule has 0 aliphatic rings. The number of ether oxygens (including phenoxy) is 3. The van der Waals surface area contributed by atoms with Crippen molar-refractivity contribution in [1.82, 2.24) is 5.32 Å². The molecule has 0 aliphatic heterocycles. The van der Waals surface area contributed by atoms with E-state index in [0.29, 0.717) is 26.4 Å². The molecule has 0 bridgehead atoms. The van der Waals surface area contributed by atoms with Crippen LogP contribution in [0.3, 0.4) is 0 Å². The third-order valence-electron chi connectivity index (χ3n) is 3.02. The van der Waals surface area contributed by atoms with Crippen LogP contribution in [-0.2, 0) is 14.2 Å². The fourth-order valence-corrected chi connectivity index (χ4v) is 1.87. The Morgan fingerprint density at radius 3 is 2.45 bits per heavy atom. The number of rotatable bonds is 11. The van der Waals surface area contributed by atoms with Gasteiger partial charge in [-0.05, 0) is 26.0 Å². The molecule has 4 nitrogen and oxygen atoms in total. The van der Waals surface area contributed by atoms with Crippen LogP contribution in [0.25, 0.3) is 0 Å². The standard InChI is InChI=1S/C16H27NO3/c1-14-5-7-15(8-6-14)16(13-17-2)20-10-4-9-19-12-11-18-3/h5-8,16-17H,4,9-13H2,1-3H3. The molecular formula is C16H27NO3. The summed E-state index contributed by atoms with van der Waals surface area (Å²) in [5, 5.41) is 3.18. The maximum Gasteiger partial charge on any atom is 0.0949 e. The van der Waals surface area contributed by atoms with Crippen LogP contribution in [-0.4, -0.2) is 47.1 Å². The molecule has 1 unspecified atom stereocenters. The van der Waals surface area contributed by atoms with Crippen LogP contribution in [0.15, 0.2) is 24.3 Å². The first-order valence-corrected chi connectivity index (χ1v) is 7.17. The smallest absolute Gasteiger partial charge is 0.0949 e. The van der Waals surface area contributed by atoms with Gasteiger partial charge in [-0.1, -0.05) is 29.8 Å². The van der Waals surface area contributed by atoms with Gasteiger partial charge in [-0.15, -0.1) is 0 Å². The Hall–Kier alpha value is -0.940. The molecule has 4 heteroatoms. The highest BCUT2D eigenvalue weighted by molar-refractivity contribution is 5.23. The summed E-state index contributed by atoms with van der Waals surface area (Å²) in [7, 11) is 3.62. The van der Waals surface area contributed by atoms with E-state index in [1.807, 2.05) is 7.05 Å². The van der Waals surface area contributed by atoms with Gasteiger partial charge in [0.25, 0.3) is 0 Å². The van der Waals surface area contributed by atoms with Crippen molar-refractivity contribution in [2.24, 2.45) is 0 Å². The molecule has 0 aliphatic carbocycles. The Morgan fingerprint density at radius 1 is 1.05 bits per heavy atom. The number of likely N-dealkylation sites (N-methyl/N-ethyl adjacent to an activating group) is 1. The molecule has 1 N–H and O–H groups in total. The number of benzene rings is 1. The minimum absolute atomic E-state index is 0.0968. The second-order valence-electron chi connectivity index (χ2n) is 4.79. The van der Waals surface area contributed by atoms with Gasteiger partial charge in [-0.3, -0.25) is 0 Å². The average Bonchev–Trinajstić information content (AvgIpc) is 2.46. The summed E-state index contributed by atoms with van der Waals surface area (Å²) in [6.45, 7) is 5.61. The highest BCUT2D eigenvalue weighted by atomic mass is 16.5. The molecular weight excluding hydrogens is 254 g/mol. The molecule has 1 rings (SSSR count). The molecule has 1 atom stereocenters.